The second-order valence-electron chi connectivity index (χ2n) is 9.82. The molecule has 3 aliphatic heterocycles. The molecule has 33 heavy (non-hydrogen) atoms. The van der Waals surface area contributed by atoms with E-state index in [-0.39, 0.29) is 5.82 Å². The van der Waals surface area contributed by atoms with E-state index in [2.05, 4.69) is 59.5 Å². The Hall–Kier alpha value is -2.70. The van der Waals surface area contributed by atoms with E-state index in [9.17, 15) is 4.39 Å². The van der Waals surface area contributed by atoms with E-state index in [0.29, 0.717) is 17.9 Å². The predicted molar refractivity (Wildman–Crippen MR) is 132 cm³/mol. The van der Waals surface area contributed by atoms with Crippen LogP contribution in [0, 0.1) is 11.7 Å². The maximum absolute atomic E-state index is 13.3. The molecule has 4 heterocycles. The molecule has 2 aromatic carbocycles. The van der Waals surface area contributed by atoms with Crippen LogP contribution in [-0.2, 0) is 13.6 Å². The van der Waals surface area contributed by atoms with Crippen LogP contribution in [0.4, 0.5) is 10.1 Å². The van der Waals surface area contributed by atoms with Crippen molar-refractivity contribution >= 4 is 5.69 Å². The number of fused-ring (bicyclic) bond motifs is 3. The van der Waals surface area contributed by atoms with Gasteiger partial charge >= 0.3 is 0 Å². The summed E-state index contributed by atoms with van der Waals surface area (Å²) in [6.45, 7) is 4.23. The lowest BCUT2D eigenvalue weighted by Gasteiger charge is -2.50. The molecule has 0 radical (unpaired) electrons. The number of nitrogens with one attached hydrogen (secondary N) is 1. The van der Waals surface area contributed by atoms with Gasteiger partial charge in [0.25, 0.3) is 0 Å². The van der Waals surface area contributed by atoms with Gasteiger partial charge in [0.1, 0.15) is 5.82 Å². The summed E-state index contributed by atoms with van der Waals surface area (Å²) in [7, 11) is 6.19. The van der Waals surface area contributed by atoms with Gasteiger partial charge in [-0.15, -0.1) is 0 Å². The fourth-order valence-electron chi connectivity index (χ4n) is 5.57. The number of nitrogens with zero attached hydrogens (tertiary/aromatic N) is 4. The zero-order valence-electron chi connectivity index (χ0n) is 19.8. The third-order valence-corrected chi connectivity index (χ3v) is 7.48. The molecule has 2 bridgehead atoms. The van der Waals surface area contributed by atoms with Gasteiger partial charge in [-0.1, -0.05) is 12.1 Å². The van der Waals surface area contributed by atoms with Gasteiger partial charge in [-0.2, -0.15) is 5.10 Å². The minimum absolute atomic E-state index is 0.211. The fourth-order valence-corrected chi connectivity index (χ4v) is 5.57. The number of aromatic nitrogens is 2. The second kappa shape index (κ2) is 9.27. The van der Waals surface area contributed by atoms with Crippen molar-refractivity contribution in [1.82, 2.24) is 20.0 Å². The van der Waals surface area contributed by atoms with Crippen molar-refractivity contribution in [2.45, 2.75) is 31.3 Å². The van der Waals surface area contributed by atoms with E-state index >= 15 is 0 Å². The van der Waals surface area contributed by atoms with Crippen LogP contribution in [-0.4, -0.2) is 54.5 Å². The molecule has 0 aliphatic carbocycles. The average molecular weight is 448 g/mol. The largest absolute Gasteiger partial charge is 0.378 e. The molecule has 3 saturated heterocycles. The predicted octanol–water partition coefficient (Wildman–Crippen LogP) is 4.26. The van der Waals surface area contributed by atoms with Crippen molar-refractivity contribution in [3.8, 4) is 11.3 Å². The molecule has 0 amide bonds. The molecule has 3 aliphatic rings. The number of aryl methyl sites for hydroxylation is 1. The molecule has 0 saturated carbocycles. The first-order valence-electron chi connectivity index (χ1n) is 12.0. The number of benzene rings is 2. The molecule has 4 atom stereocenters. The van der Waals surface area contributed by atoms with Crippen molar-refractivity contribution in [3.63, 3.8) is 0 Å². The van der Waals surface area contributed by atoms with Crippen LogP contribution in [0.1, 0.15) is 30.0 Å². The van der Waals surface area contributed by atoms with Gasteiger partial charge in [-0.3, -0.25) is 9.58 Å². The zero-order chi connectivity index (χ0) is 22.9. The average Bonchev–Trinajstić information content (AvgIpc) is 3.21. The SMILES string of the molecule is CN(C)c1ccc(CNC[C@H]2C[C@@H]3CCN2C[C@H]3c2cc(-c3ccc(F)cc3)nn2C)cc1. The number of halogens is 1. The Morgan fingerprint density at radius 1 is 1.09 bits per heavy atom. The molecule has 1 aromatic heterocycles. The Balaban J connectivity index is 1.20. The van der Waals surface area contributed by atoms with Crippen LogP contribution in [0.5, 0.6) is 0 Å². The minimum atomic E-state index is -0.211. The molecule has 1 unspecified atom stereocenters. The molecular formula is C27H34FN5. The van der Waals surface area contributed by atoms with Crippen LogP contribution >= 0.6 is 0 Å². The lowest BCUT2D eigenvalue weighted by atomic mass is 9.74. The third kappa shape index (κ3) is 4.68. The highest BCUT2D eigenvalue weighted by molar-refractivity contribution is 5.59. The molecule has 3 aromatic rings. The number of anilines is 1. The lowest BCUT2D eigenvalue weighted by molar-refractivity contribution is 0.0282. The van der Waals surface area contributed by atoms with Gasteiger partial charge in [0.15, 0.2) is 0 Å². The van der Waals surface area contributed by atoms with Gasteiger partial charge in [0.2, 0.25) is 0 Å². The molecule has 0 spiro atoms. The summed E-state index contributed by atoms with van der Waals surface area (Å²) < 4.78 is 15.3. The summed E-state index contributed by atoms with van der Waals surface area (Å²) >= 11 is 0. The highest BCUT2D eigenvalue weighted by Crippen LogP contribution is 2.42. The summed E-state index contributed by atoms with van der Waals surface area (Å²) in [5.74, 6) is 0.996. The Morgan fingerprint density at radius 2 is 1.85 bits per heavy atom. The lowest BCUT2D eigenvalue weighted by Crippen LogP contribution is -2.55. The maximum Gasteiger partial charge on any atom is 0.123 e. The first kappa shape index (κ1) is 22.1. The molecule has 5 nitrogen and oxygen atoms in total. The Kier molecular flexibility index (Phi) is 6.21. The van der Waals surface area contributed by atoms with Gasteiger partial charge in [-0.25, -0.2) is 4.39 Å². The number of rotatable bonds is 7. The van der Waals surface area contributed by atoms with Gasteiger partial charge < -0.3 is 10.2 Å². The van der Waals surface area contributed by atoms with Crippen LogP contribution in [0.15, 0.2) is 54.6 Å². The minimum Gasteiger partial charge on any atom is -0.378 e. The van der Waals surface area contributed by atoms with E-state index in [1.165, 1.54) is 48.5 Å². The molecule has 174 valence electrons. The van der Waals surface area contributed by atoms with Crippen LogP contribution in [0.3, 0.4) is 0 Å². The van der Waals surface area contributed by atoms with Crippen molar-refractivity contribution in [2.24, 2.45) is 13.0 Å². The zero-order valence-corrected chi connectivity index (χ0v) is 19.8. The first-order valence-corrected chi connectivity index (χ1v) is 12.0. The van der Waals surface area contributed by atoms with Crippen molar-refractivity contribution in [3.05, 3.63) is 71.7 Å². The van der Waals surface area contributed by atoms with Crippen LogP contribution in [0.25, 0.3) is 11.3 Å². The van der Waals surface area contributed by atoms with Crippen molar-refractivity contribution in [1.29, 1.82) is 0 Å². The van der Waals surface area contributed by atoms with Crippen LogP contribution in [0.2, 0.25) is 0 Å². The van der Waals surface area contributed by atoms with Gasteiger partial charge in [0.05, 0.1) is 5.69 Å². The number of hydrogen-bond acceptors (Lipinski definition) is 4. The highest BCUT2D eigenvalue weighted by Gasteiger charge is 2.41. The Bertz CT molecular complexity index is 1070. The van der Waals surface area contributed by atoms with E-state index in [1.807, 2.05) is 23.9 Å². The standard InChI is InChI=1S/C27H34FN5/c1-31(2)23-10-4-19(5-11-23)16-29-17-24-14-21-12-13-33(24)18-25(21)27-15-26(30-32(27)3)20-6-8-22(28)9-7-20/h4-11,15,21,24-25,29H,12-14,16-18H2,1-3H3/t21-,24+,25+/m0/s1. The third-order valence-electron chi connectivity index (χ3n) is 7.48. The summed E-state index contributed by atoms with van der Waals surface area (Å²) in [4.78, 5) is 4.79. The highest BCUT2D eigenvalue weighted by atomic mass is 19.1. The quantitative estimate of drug-likeness (QED) is 0.587. The van der Waals surface area contributed by atoms with Gasteiger partial charge in [0, 0.05) is 69.7 Å². The molecule has 3 fully saturated rings. The molecule has 6 heteroatoms. The normalized spacial score (nSPS) is 24.2. The van der Waals surface area contributed by atoms with E-state index in [1.54, 1.807) is 0 Å². The van der Waals surface area contributed by atoms with E-state index in [0.717, 1.165) is 30.9 Å². The van der Waals surface area contributed by atoms with Crippen LogP contribution < -0.4 is 10.2 Å². The summed E-state index contributed by atoms with van der Waals surface area (Å²) in [6.07, 6.45) is 2.48. The Morgan fingerprint density at radius 3 is 2.52 bits per heavy atom. The fraction of sp³-hybridized carbons (Fsp3) is 0.444. The van der Waals surface area contributed by atoms with Gasteiger partial charge in [-0.05, 0) is 73.3 Å². The van der Waals surface area contributed by atoms with Crippen molar-refractivity contribution < 1.29 is 4.39 Å². The summed E-state index contributed by atoms with van der Waals surface area (Å²) in [5, 5.41) is 8.45. The first-order chi connectivity index (χ1) is 16.0. The maximum atomic E-state index is 13.3. The molecular weight excluding hydrogens is 413 g/mol. The molecule has 6 rings (SSSR count). The monoisotopic (exact) mass is 447 g/mol. The smallest absolute Gasteiger partial charge is 0.123 e. The summed E-state index contributed by atoms with van der Waals surface area (Å²) in [5.41, 5.74) is 5.77. The van der Waals surface area contributed by atoms with E-state index < -0.39 is 0 Å². The Labute approximate surface area is 196 Å². The topological polar surface area (TPSA) is 36.3 Å². The van der Waals surface area contributed by atoms with Crippen molar-refractivity contribution in [2.75, 3.05) is 38.6 Å². The number of piperidine rings is 3. The van der Waals surface area contributed by atoms with E-state index in [4.69, 9.17) is 5.10 Å². The second-order valence-corrected chi connectivity index (χ2v) is 9.82. The number of hydrogen-bond donors (Lipinski definition) is 1. The summed E-state index contributed by atoms with van der Waals surface area (Å²) in [6, 6.07) is 18.2. The molecule has 1 N–H and O–H groups in total.